The van der Waals surface area contributed by atoms with Crippen molar-refractivity contribution in [1.82, 2.24) is 15.1 Å². The number of urea groups is 1. The van der Waals surface area contributed by atoms with Crippen molar-refractivity contribution in [2.24, 2.45) is 0 Å². The Kier molecular flexibility index (Phi) is 5.51. The molecule has 2 aromatic rings. The molecule has 0 bridgehead atoms. The predicted octanol–water partition coefficient (Wildman–Crippen LogP) is 4.13. The summed E-state index contributed by atoms with van der Waals surface area (Å²) in [7, 11) is 0. The van der Waals surface area contributed by atoms with E-state index in [9.17, 15) is 9.18 Å². The summed E-state index contributed by atoms with van der Waals surface area (Å²) in [5.74, 6) is 0.321. The highest BCUT2D eigenvalue weighted by Gasteiger charge is 2.29. The van der Waals surface area contributed by atoms with Gasteiger partial charge in [0.2, 0.25) is 0 Å². The Labute approximate surface area is 159 Å². The molecule has 1 aromatic carbocycles. The second-order valence-electron chi connectivity index (χ2n) is 7.93. The topological polar surface area (TPSA) is 68.2 Å². The SMILES string of the molecule is Cc1cc(NC(=O)N[C@H](c2ccc(F)cc2)[C@@H]2CCCO2)n(C(C)(C)C)n1. The van der Waals surface area contributed by atoms with Gasteiger partial charge in [-0.15, -0.1) is 0 Å². The number of anilines is 1. The summed E-state index contributed by atoms with van der Waals surface area (Å²) in [5.41, 5.74) is 1.38. The van der Waals surface area contributed by atoms with Crippen molar-refractivity contribution in [3.05, 3.63) is 47.4 Å². The number of rotatable bonds is 4. The van der Waals surface area contributed by atoms with Crippen LogP contribution in [0.2, 0.25) is 0 Å². The Morgan fingerprint density at radius 3 is 2.63 bits per heavy atom. The molecule has 1 saturated heterocycles. The number of hydrogen-bond acceptors (Lipinski definition) is 3. The first-order valence-corrected chi connectivity index (χ1v) is 9.26. The molecule has 0 unspecified atom stereocenters. The second-order valence-corrected chi connectivity index (χ2v) is 7.93. The maximum absolute atomic E-state index is 13.3. The van der Waals surface area contributed by atoms with E-state index in [2.05, 4.69) is 15.7 Å². The normalized spacial score (nSPS) is 18.3. The van der Waals surface area contributed by atoms with Gasteiger partial charge in [0, 0.05) is 12.7 Å². The highest BCUT2D eigenvalue weighted by Crippen LogP contribution is 2.28. The van der Waals surface area contributed by atoms with Crippen molar-refractivity contribution >= 4 is 11.8 Å². The van der Waals surface area contributed by atoms with Crippen molar-refractivity contribution in [3.8, 4) is 0 Å². The number of nitrogens with one attached hydrogen (secondary N) is 2. The third-order valence-corrected chi connectivity index (χ3v) is 4.56. The third kappa shape index (κ3) is 4.66. The summed E-state index contributed by atoms with van der Waals surface area (Å²) in [5, 5.41) is 10.4. The van der Waals surface area contributed by atoms with Crippen LogP contribution in [-0.4, -0.2) is 28.5 Å². The minimum absolute atomic E-state index is 0.129. The van der Waals surface area contributed by atoms with E-state index in [4.69, 9.17) is 4.74 Å². The Morgan fingerprint density at radius 1 is 1.33 bits per heavy atom. The van der Waals surface area contributed by atoms with Crippen LogP contribution in [0.5, 0.6) is 0 Å². The molecule has 146 valence electrons. The Balaban J connectivity index is 1.78. The Morgan fingerprint density at radius 2 is 2.04 bits per heavy atom. The van der Waals surface area contributed by atoms with E-state index < -0.39 is 0 Å². The van der Waals surface area contributed by atoms with E-state index in [1.165, 1.54) is 12.1 Å². The third-order valence-electron chi connectivity index (χ3n) is 4.56. The number of carbonyl (C=O) groups is 1. The van der Waals surface area contributed by atoms with Gasteiger partial charge >= 0.3 is 6.03 Å². The van der Waals surface area contributed by atoms with Crippen LogP contribution in [-0.2, 0) is 10.3 Å². The van der Waals surface area contributed by atoms with Crippen molar-refractivity contribution in [1.29, 1.82) is 0 Å². The second kappa shape index (κ2) is 7.68. The molecule has 0 saturated carbocycles. The molecule has 0 spiro atoms. The summed E-state index contributed by atoms with van der Waals surface area (Å²) in [4.78, 5) is 12.7. The van der Waals surface area contributed by atoms with Gasteiger partial charge in [-0.05, 0) is 58.2 Å². The number of benzene rings is 1. The molecule has 1 aliphatic rings. The zero-order valence-electron chi connectivity index (χ0n) is 16.3. The van der Waals surface area contributed by atoms with Crippen LogP contribution in [0.1, 0.15) is 50.9 Å². The molecular weight excluding hydrogens is 347 g/mol. The summed E-state index contributed by atoms with van der Waals surface area (Å²) in [6.07, 6.45) is 1.67. The molecule has 3 rings (SSSR count). The van der Waals surface area contributed by atoms with E-state index >= 15 is 0 Å². The maximum atomic E-state index is 13.3. The minimum Gasteiger partial charge on any atom is -0.376 e. The molecule has 27 heavy (non-hydrogen) atoms. The molecular formula is C20H27FN4O2. The molecule has 2 amide bonds. The number of ether oxygens (including phenoxy) is 1. The summed E-state index contributed by atoms with van der Waals surface area (Å²) in [6, 6.07) is 7.32. The molecule has 2 heterocycles. The zero-order chi connectivity index (χ0) is 19.6. The lowest BCUT2D eigenvalue weighted by Gasteiger charge is -2.26. The van der Waals surface area contributed by atoms with Gasteiger partial charge in [-0.3, -0.25) is 5.32 Å². The van der Waals surface area contributed by atoms with Crippen molar-refractivity contribution < 1.29 is 13.9 Å². The smallest absolute Gasteiger partial charge is 0.320 e. The lowest BCUT2D eigenvalue weighted by molar-refractivity contribution is 0.0815. The van der Waals surface area contributed by atoms with Gasteiger partial charge in [-0.1, -0.05) is 12.1 Å². The molecule has 1 fully saturated rings. The van der Waals surface area contributed by atoms with Crippen LogP contribution in [0.4, 0.5) is 15.0 Å². The van der Waals surface area contributed by atoms with Gasteiger partial charge in [-0.2, -0.15) is 5.10 Å². The van der Waals surface area contributed by atoms with Crippen molar-refractivity contribution in [3.63, 3.8) is 0 Å². The lowest BCUT2D eigenvalue weighted by Crippen LogP contribution is -2.39. The van der Waals surface area contributed by atoms with Gasteiger partial charge in [0.25, 0.3) is 0 Å². The number of carbonyl (C=O) groups excluding carboxylic acids is 1. The van der Waals surface area contributed by atoms with E-state index in [0.29, 0.717) is 12.4 Å². The first-order valence-electron chi connectivity index (χ1n) is 9.26. The zero-order valence-corrected chi connectivity index (χ0v) is 16.3. The van der Waals surface area contributed by atoms with Gasteiger partial charge < -0.3 is 10.1 Å². The predicted molar refractivity (Wildman–Crippen MR) is 102 cm³/mol. The molecule has 2 N–H and O–H groups in total. The van der Waals surface area contributed by atoms with Crippen molar-refractivity contribution in [2.45, 2.75) is 58.2 Å². The first-order chi connectivity index (χ1) is 12.7. The standard InChI is InChI=1S/C20H27FN4O2/c1-13-12-17(25(24-13)20(2,3)4)22-19(26)23-18(16-6-5-11-27-16)14-7-9-15(21)10-8-14/h7-10,12,16,18H,5-6,11H2,1-4H3,(H2,22,23,26)/t16-,18+/m0/s1. The molecule has 7 heteroatoms. The van der Waals surface area contributed by atoms with Gasteiger partial charge in [0.1, 0.15) is 11.6 Å². The van der Waals surface area contributed by atoms with E-state index in [0.717, 1.165) is 24.1 Å². The maximum Gasteiger partial charge on any atom is 0.320 e. The molecule has 1 aliphatic heterocycles. The number of halogens is 1. The molecule has 0 aliphatic carbocycles. The van der Waals surface area contributed by atoms with Crippen LogP contribution >= 0.6 is 0 Å². The largest absolute Gasteiger partial charge is 0.376 e. The van der Waals surface area contributed by atoms with Crippen LogP contribution < -0.4 is 10.6 Å². The molecule has 0 radical (unpaired) electrons. The lowest BCUT2D eigenvalue weighted by atomic mass is 9.99. The summed E-state index contributed by atoms with van der Waals surface area (Å²) >= 11 is 0. The molecule has 2 atom stereocenters. The van der Waals surface area contributed by atoms with Gasteiger partial charge in [-0.25, -0.2) is 13.9 Å². The van der Waals surface area contributed by atoms with E-state index in [-0.39, 0.29) is 29.5 Å². The monoisotopic (exact) mass is 374 g/mol. The van der Waals surface area contributed by atoms with E-state index in [1.807, 2.05) is 33.8 Å². The fourth-order valence-corrected chi connectivity index (χ4v) is 3.32. The Hall–Kier alpha value is -2.41. The number of aromatic nitrogens is 2. The van der Waals surface area contributed by atoms with Crippen LogP contribution in [0.25, 0.3) is 0 Å². The van der Waals surface area contributed by atoms with Crippen LogP contribution in [0, 0.1) is 12.7 Å². The fraction of sp³-hybridized carbons (Fsp3) is 0.500. The quantitative estimate of drug-likeness (QED) is 0.846. The first kappa shape index (κ1) is 19.4. The summed E-state index contributed by atoms with van der Waals surface area (Å²) in [6.45, 7) is 8.63. The number of amides is 2. The van der Waals surface area contributed by atoms with Gasteiger partial charge in [0.15, 0.2) is 0 Å². The van der Waals surface area contributed by atoms with Gasteiger partial charge in [0.05, 0.1) is 23.4 Å². The van der Waals surface area contributed by atoms with E-state index in [1.54, 1.807) is 16.8 Å². The van der Waals surface area contributed by atoms with Crippen LogP contribution in [0.3, 0.4) is 0 Å². The highest BCUT2D eigenvalue weighted by atomic mass is 19.1. The average molecular weight is 374 g/mol. The number of nitrogens with zero attached hydrogens (tertiary/aromatic N) is 2. The number of aryl methyl sites for hydroxylation is 1. The molecule has 1 aromatic heterocycles. The fourth-order valence-electron chi connectivity index (χ4n) is 3.32. The van der Waals surface area contributed by atoms with Crippen LogP contribution in [0.15, 0.2) is 30.3 Å². The minimum atomic E-state index is -0.347. The average Bonchev–Trinajstić information content (AvgIpc) is 3.23. The molecule has 6 nitrogen and oxygen atoms in total. The number of hydrogen-bond donors (Lipinski definition) is 2. The highest BCUT2D eigenvalue weighted by molar-refractivity contribution is 5.88. The summed E-state index contributed by atoms with van der Waals surface area (Å²) < 4.78 is 20.9. The van der Waals surface area contributed by atoms with Crippen molar-refractivity contribution in [2.75, 3.05) is 11.9 Å². The Bertz CT molecular complexity index is 789.